The van der Waals surface area contributed by atoms with Crippen LogP contribution in [0.5, 0.6) is 0 Å². The molecule has 0 amide bonds. The fraction of sp³-hybridized carbons (Fsp3) is 0.533. The average molecular weight is 228 g/mol. The first-order valence-electron chi connectivity index (χ1n) is 6.54. The Bertz CT molecular complexity index is 462. The van der Waals surface area contributed by atoms with Crippen LogP contribution in [-0.2, 0) is 0 Å². The van der Waals surface area contributed by atoms with Gasteiger partial charge in [-0.2, -0.15) is 0 Å². The molecule has 2 bridgehead atoms. The van der Waals surface area contributed by atoms with Crippen LogP contribution >= 0.6 is 0 Å². The number of hydrogen-bond acceptors (Lipinski definition) is 2. The van der Waals surface area contributed by atoms with Crippen molar-refractivity contribution in [3.63, 3.8) is 0 Å². The van der Waals surface area contributed by atoms with Gasteiger partial charge in [-0.3, -0.25) is 9.88 Å². The third-order valence-electron chi connectivity index (χ3n) is 4.07. The van der Waals surface area contributed by atoms with Crippen molar-refractivity contribution in [3.05, 3.63) is 35.7 Å². The number of rotatable bonds is 2. The molecular weight excluding hydrogens is 208 g/mol. The lowest BCUT2D eigenvalue weighted by molar-refractivity contribution is 0.227. The molecule has 17 heavy (non-hydrogen) atoms. The Balaban J connectivity index is 1.89. The van der Waals surface area contributed by atoms with Crippen LogP contribution in [0.4, 0.5) is 0 Å². The molecule has 0 unspecified atom stereocenters. The monoisotopic (exact) mass is 228 g/mol. The number of fused-ring (bicyclic) bond motifs is 2. The second-order valence-corrected chi connectivity index (χ2v) is 5.66. The van der Waals surface area contributed by atoms with Crippen molar-refractivity contribution in [2.45, 2.75) is 39.3 Å². The van der Waals surface area contributed by atoms with E-state index in [4.69, 9.17) is 0 Å². The van der Waals surface area contributed by atoms with Crippen LogP contribution in [0.15, 0.2) is 24.5 Å². The van der Waals surface area contributed by atoms with Crippen LogP contribution in [0.1, 0.15) is 31.4 Å². The Hall–Kier alpha value is -1.15. The quantitative estimate of drug-likeness (QED) is 0.773. The summed E-state index contributed by atoms with van der Waals surface area (Å²) >= 11 is 0. The van der Waals surface area contributed by atoms with Gasteiger partial charge in [0.1, 0.15) is 0 Å². The summed E-state index contributed by atoms with van der Waals surface area (Å²) in [5.41, 5.74) is 4.12. The number of likely N-dealkylation sites (tertiary alicyclic amines) is 1. The smallest absolute Gasteiger partial charge is 0.0343 e. The molecule has 2 aliphatic rings. The van der Waals surface area contributed by atoms with Gasteiger partial charge in [-0.25, -0.2) is 0 Å². The summed E-state index contributed by atoms with van der Waals surface area (Å²) in [6, 6.07) is 3.59. The fourth-order valence-electron chi connectivity index (χ4n) is 3.26. The van der Waals surface area contributed by atoms with E-state index >= 15 is 0 Å². The second kappa shape index (κ2) is 3.95. The zero-order valence-electron chi connectivity index (χ0n) is 10.9. The van der Waals surface area contributed by atoms with E-state index in [1.807, 2.05) is 12.4 Å². The first-order valence-corrected chi connectivity index (χ1v) is 6.54. The van der Waals surface area contributed by atoms with E-state index in [0.29, 0.717) is 12.1 Å². The summed E-state index contributed by atoms with van der Waals surface area (Å²) < 4.78 is 0. The highest BCUT2D eigenvalue weighted by Crippen LogP contribution is 2.42. The molecule has 1 aliphatic heterocycles. The molecule has 2 nitrogen and oxygen atoms in total. The van der Waals surface area contributed by atoms with Crippen molar-refractivity contribution >= 4 is 5.57 Å². The zero-order valence-corrected chi connectivity index (χ0v) is 10.9. The van der Waals surface area contributed by atoms with Gasteiger partial charge in [0, 0.05) is 31.0 Å². The topological polar surface area (TPSA) is 16.1 Å². The Labute approximate surface area is 103 Å². The van der Waals surface area contributed by atoms with Crippen molar-refractivity contribution in [3.8, 4) is 0 Å². The van der Waals surface area contributed by atoms with Crippen LogP contribution in [0.3, 0.4) is 0 Å². The van der Waals surface area contributed by atoms with Gasteiger partial charge in [0.15, 0.2) is 0 Å². The van der Waals surface area contributed by atoms with Crippen molar-refractivity contribution in [1.82, 2.24) is 9.88 Å². The maximum atomic E-state index is 4.31. The summed E-state index contributed by atoms with van der Waals surface area (Å²) in [6.07, 6.45) is 7.71. The SMILES string of the molecule is Cc1cncc(C2=C[C@H]3C[C@@H]2CN3C(C)C)c1. The average Bonchev–Trinajstić information content (AvgIpc) is 2.87. The molecule has 0 radical (unpaired) electrons. The first kappa shape index (κ1) is 11.0. The lowest BCUT2D eigenvalue weighted by atomic mass is 9.95. The maximum absolute atomic E-state index is 4.31. The third kappa shape index (κ3) is 1.81. The van der Waals surface area contributed by atoms with Crippen molar-refractivity contribution < 1.29 is 0 Å². The molecule has 1 aromatic rings. The molecule has 0 aromatic carbocycles. The van der Waals surface area contributed by atoms with Gasteiger partial charge >= 0.3 is 0 Å². The first-order chi connectivity index (χ1) is 8.15. The van der Waals surface area contributed by atoms with Gasteiger partial charge in [0.2, 0.25) is 0 Å². The predicted octanol–water partition coefficient (Wildman–Crippen LogP) is 2.89. The van der Waals surface area contributed by atoms with Gasteiger partial charge < -0.3 is 0 Å². The molecule has 0 saturated carbocycles. The molecular formula is C15H20N2. The highest BCUT2D eigenvalue weighted by Gasteiger charge is 2.39. The summed E-state index contributed by atoms with van der Waals surface area (Å²) in [6.45, 7) is 7.93. The van der Waals surface area contributed by atoms with Gasteiger partial charge in [-0.1, -0.05) is 6.08 Å². The maximum Gasteiger partial charge on any atom is 0.0343 e. The molecule has 2 atom stereocenters. The highest BCUT2D eigenvalue weighted by molar-refractivity contribution is 5.71. The predicted molar refractivity (Wildman–Crippen MR) is 70.7 cm³/mol. The van der Waals surface area contributed by atoms with Gasteiger partial charge in [-0.05, 0) is 55.9 Å². The Morgan fingerprint density at radius 3 is 2.76 bits per heavy atom. The highest BCUT2D eigenvalue weighted by atomic mass is 15.2. The molecule has 90 valence electrons. The molecule has 2 heteroatoms. The second-order valence-electron chi connectivity index (χ2n) is 5.66. The zero-order chi connectivity index (χ0) is 12.0. The molecule has 3 rings (SSSR count). The van der Waals surface area contributed by atoms with Crippen LogP contribution < -0.4 is 0 Å². The van der Waals surface area contributed by atoms with Crippen molar-refractivity contribution in [1.29, 1.82) is 0 Å². The minimum absolute atomic E-state index is 0.663. The molecule has 2 heterocycles. The van der Waals surface area contributed by atoms with Crippen molar-refractivity contribution in [2.24, 2.45) is 5.92 Å². The van der Waals surface area contributed by atoms with E-state index in [0.717, 1.165) is 5.92 Å². The van der Waals surface area contributed by atoms with E-state index in [-0.39, 0.29) is 0 Å². The standard InChI is InChI=1S/C15H20N2/c1-10(2)17-9-13-5-14(17)6-15(13)12-4-11(3)7-16-8-12/h4,6-8,10,13-14H,5,9H2,1-3H3/t13-,14-/m1/s1. The van der Waals surface area contributed by atoms with E-state index in [1.165, 1.54) is 29.7 Å². The summed E-state index contributed by atoms with van der Waals surface area (Å²) in [5.74, 6) is 0.728. The Morgan fingerprint density at radius 1 is 1.35 bits per heavy atom. The van der Waals surface area contributed by atoms with Gasteiger partial charge in [0.05, 0.1) is 0 Å². The van der Waals surface area contributed by atoms with E-state index < -0.39 is 0 Å². The summed E-state index contributed by atoms with van der Waals surface area (Å²) in [7, 11) is 0. The number of aryl methyl sites for hydroxylation is 1. The largest absolute Gasteiger partial charge is 0.294 e. The number of nitrogens with zero attached hydrogens (tertiary/aromatic N) is 2. The van der Waals surface area contributed by atoms with Crippen LogP contribution in [0.25, 0.3) is 5.57 Å². The third-order valence-corrected chi connectivity index (χ3v) is 4.07. The van der Waals surface area contributed by atoms with E-state index in [2.05, 4.69) is 42.8 Å². The van der Waals surface area contributed by atoms with Crippen LogP contribution in [-0.4, -0.2) is 28.5 Å². The molecule has 0 spiro atoms. The normalized spacial score (nSPS) is 27.9. The molecule has 1 saturated heterocycles. The lowest BCUT2D eigenvalue weighted by Crippen LogP contribution is -2.36. The summed E-state index contributed by atoms with van der Waals surface area (Å²) in [5, 5.41) is 0. The Morgan fingerprint density at radius 2 is 2.18 bits per heavy atom. The lowest BCUT2D eigenvalue weighted by Gasteiger charge is -2.29. The van der Waals surface area contributed by atoms with E-state index in [9.17, 15) is 0 Å². The minimum Gasteiger partial charge on any atom is -0.294 e. The van der Waals surface area contributed by atoms with Crippen molar-refractivity contribution in [2.75, 3.05) is 6.54 Å². The van der Waals surface area contributed by atoms with Gasteiger partial charge in [-0.15, -0.1) is 0 Å². The van der Waals surface area contributed by atoms with Crippen LogP contribution in [0.2, 0.25) is 0 Å². The number of aromatic nitrogens is 1. The summed E-state index contributed by atoms with van der Waals surface area (Å²) in [4.78, 5) is 6.92. The molecule has 1 aliphatic carbocycles. The van der Waals surface area contributed by atoms with E-state index in [1.54, 1.807) is 0 Å². The molecule has 0 N–H and O–H groups in total. The van der Waals surface area contributed by atoms with Crippen LogP contribution in [0, 0.1) is 12.8 Å². The number of hydrogen-bond donors (Lipinski definition) is 0. The number of pyridine rings is 1. The molecule has 1 fully saturated rings. The fourth-order valence-corrected chi connectivity index (χ4v) is 3.26. The molecule has 1 aromatic heterocycles. The van der Waals surface area contributed by atoms with Gasteiger partial charge in [0.25, 0.3) is 0 Å². The minimum atomic E-state index is 0.663. The Kier molecular flexibility index (Phi) is 2.55.